The molecule has 0 aliphatic heterocycles. The lowest BCUT2D eigenvalue weighted by molar-refractivity contribution is 0.185. The summed E-state index contributed by atoms with van der Waals surface area (Å²) in [5, 5.41) is 9.02. The molecule has 0 saturated heterocycles. The van der Waals surface area contributed by atoms with Gasteiger partial charge in [-0.25, -0.2) is 0 Å². The molecule has 0 radical (unpaired) electrons. The fourth-order valence-electron chi connectivity index (χ4n) is 1.30. The Labute approximate surface area is 92.8 Å². The van der Waals surface area contributed by atoms with Crippen molar-refractivity contribution in [2.45, 2.75) is 31.6 Å². The first kappa shape index (κ1) is 11.7. The quantitative estimate of drug-likeness (QED) is 0.761. The molecule has 0 saturated carbocycles. The van der Waals surface area contributed by atoms with E-state index in [1.807, 2.05) is 0 Å². The molecule has 1 rings (SSSR count). The summed E-state index contributed by atoms with van der Waals surface area (Å²) < 4.78 is 7.17. The van der Waals surface area contributed by atoms with Gasteiger partial charge in [0.05, 0.1) is 11.9 Å². The first-order valence-electron chi connectivity index (χ1n) is 4.67. The van der Waals surface area contributed by atoms with Crippen LogP contribution in [0, 0.1) is 0 Å². The highest BCUT2D eigenvalue weighted by molar-refractivity contribution is 9.08. The number of hydrogen-bond acceptors (Lipinski definition) is 3. The molecule has 0 bridgehead atoms. The molecule has 0 unspecified atom stereocenters. The van der Waals surface area contributed by atoms with Crippen molar-refractivity contribution in [3.63, 3.8) is 0 Å². The highest BCUT2D eigenvalue weighted by atomic mass is 79.9. The molecule has 0 fully saturated rings. The van der Waals surface area contributed by atoms with Gasteiger partial charge in [0, 0.05) is 19.6 Å². The average molecular weight is 262 g/mol. The van der Waals surface area contributed by atoms with Crippen LogP contribution >= 0.6 is 15.9 Å². The van der Waals surface area contributed by atoms with Gasteiger partial charge in [0.2, 0.25) is 0 Å². The molecule has 1 heterocycles. The Hall–Kier alpha value is -0.420. The van der Waals surface area contributed by atoms with E-state index < -0.39 is 0 Å². The van der Waals surface area contributed by atoms with E-state index in [-0.39, 0.29) is 0 Å². The third-order valence-electron chi connectivity index (χ3n) is 2.01. The van der Waals surface area contributed by atoms with Crippen LogP contribution in [0.25, 0.3) is 0 Å². The van der Waals surface area contributed by atoms with Crippen LogP contribution < -0.4 is 0 Å². The van der Waals surface area contributed by atoms with E-state index >= 15 is 0 Å². The molecule has 0 spiro atoms. The second-order valence-corrected chi connectivity index (χ2v) is 3.97. The number of halogens is 1. The molecule has 0 amide bonds. The summed E-state index contributed by atoms with van der Waals surface area (Å²) in [5.74, 6) is 2.38. The number of rotatable bonds is 5. The molecule has 0 N–H and O–H groups in total. The third kappa shape index (κ3) is 2.54. The van der Waals surface area contributed by atoms with E-state index in [4.69, 9.17) is 4.74 Å². The van der Waals surface area contributed by atoms with E-state index in [9.17, 15) is 0 Å². The van der Waals surface area contributed by atoms with Crippen LogP contribution in [0.2, 0.25) is 0 Å². The largest absolute Gasteiger partial charge is 0.383 e. The maximum absolute atomic E-state index is 5.06. The van der Waals surface area contributed by atoms with Crippen molar-refractivity contribution in [1.82, 2.24) is 14.8 Å². The topological polar surface area (TPSA) is 39.9 Å². The van der Waals surface area contributed by atoms with E-state index in [0.717, 1.165) is 23.5 Å². The maximum Gasteiger partial charge on any atom is 0.143 e. The normalized spacial score (nSPS) is 11.2. The highest BCUT2D eigenvalue weighted by Gasteiger charge is 2.13. The number of ether oxygens (including phenoxy) is 1. The molecule has 80 valence electrons. The average Bonchev–Trinajstić information content (AvgIpc) is 2.57. The maximum atomic E-state index is 5.06. The Morgan fingerprint density at radius 3 is 2.64 bits per heavy atom. The second kappa shape index (κ2) is 5.46. The molecule has 5 heteroatoms. The number of methoxy groups -OCH3 is 1. The molecule has 0 aliphatic rings. The van der Waals surface area contributed by atoms with Gasteiger partial charge in [-0.05, 0) is 0 Å². The predicted octanol–water partition coefficient (Wildman–Crippen LogP) is 1.94. The lowest BCUT2D eigenvalue weighted by Crippen LogP contribution is -2.11. The second-order valence-electron chi connectivity index (χ2n) is 3.41. The van der Waals surface area contributed by atoms with Crippen molar-refractivity contribution >= 4 is 15.9 Å². The van der Waals surface area contributed by atoms with Gasteiger partial charge in [-0.3, -0.25) is 0 Å². The van der Waals surface area contributed by atoms with Crippen molar-refractivity contribution in [2.24, 2.45) is 0 Å². The SMILES string of the molecule is COCCn1c(CBr)nnc1C(C)C. The van der Waals surface area contributed by atoms with E-state index in [1.54, 1.807) is 7.11 Å². The van der Waals surface area contributed by atoms with Crippen molar-refractivity contribution < 1.29 is 4.74 Å². The van der Waals surface area contributed by atoms with Gasteiger partial charge < -0.3 is 9.30 Å². The molecule has 1 aromatic heterocycles. The first-order valence-corrected chi connectivity index (χ1v) is 5.79. The minimum absolute atomic E-state index is 0.396. The van der Waals surface area contributed by atoms with Crippen molar-refractivity contribution in [1.29, 1.82) is 0 Å². The van der Waals surface area contributed by atoms with Gasteiger partial charge in [0.25, 0.3) is 0 Å². The van der Waals surface area contributed by atoms with Gasteiger partial charge in [-0.2, -0.15) is 0 Å². The Morgan fingerprint density at radius 2 is 2.14 bits per heavy atom. The van der Waals surface area contributed by atoms with Gasteiger partial charge in [-0.15, -0.1) is 10.2 Å². The number of nitrogens with zero attached hydrogens (tertiary/aromatic N) is 3. The van der Waals surface area contributed by atoms with Crippen LogP contribution in [-0.4, -0.2) is 28.5 Å². The Bertz CT molecular complexity index is 286. The molecule has 0 aromatic carbocycles. The number of alkyl halides is 1. The lowest BCUT2D eigenvalue weighted by Gasteiger charge is -2.10. The van der Waals surface area contributed by atoms with E-state index in [1.165, 1.54) is 0 Å². The van der Waals surface area contributed by atoms with Crippen LogP contribution in [0.15, 0.2) is 0 Å². The molecular weight excluding hydrogens is 246 g/mol. The molecule has 1 aromatic rings. The summed E-state index contributed by atoms with van der Waals surface area (Å²) in [6.07, 6.45) is 0. The fraction of sp³-hybridized carbons (Fsp3) is 0.778. The minimum Gasteiger partial charge on any atom is -0.383 e. The summed E-state index contributed by atoms with van der Waals surface area (Å²) >= 11 is 3.40. The molecule has 0 atom stereocenters. The zero-order chi connectivity index (χ0) is 10.6. The lowest BCUT2D eigenvalue weighted by atomic mass is 10.2. The Balaban J connectivity index is 2.88. The summed E-state index contributed by atoms with van der Waals surface area (Å²) in [7, 11) is 1.70. The van der Waals surface area contributed by atoms with Gasteiger partial charge in [-0.1, -0.05) is 29.8 Å². The highest BCUT2D eigenvalue weighted by Crippen LogP contribution is 2.14. The molecular formula is C9H16BrN3O. The monoisotopic (exact) mass is 261 g/mol. The molecule has 14 heavy (non-hydrogen) atoms. The van der Waals surface area contributed by atoms with E-state index in [2.05, 4.69) is 44.5 Å². The van der Waals surface area contributed by atoms with Crippen LogP contribution in [0.4, 0.5) is 0 Å². The third-order valence-corrected chi connectivity index (χ3v) is 2.51. The number of hydrogen-bond donors (Lipinski definition) is 0. The zero-order valence-electron chi connectivity index (χ0n) is 8.83. The molecule has 4 nitrogen and oxygen atoms in total. The standard InChI is InChI=1S/C9H16BrN3O/c1-7(2)9-12-11-8(6-10)13(9)4-5-14-3/h7H,4-6H2,1-3H3. The summed E-state index contributed by atoms with van der Waals surface area (Å²) in [6.45, 7) is 5.74. The van der Waals surface area contributed by atoms with E-state index in [0.29, 0.717) is 12.5 Å². The van der Waals surface area contributed by atoms with Gasteiger partial charge >= 0.3 is 0 Å². The summed E-state index contributed by atoms with van der Waals surface area (Å²) in [4.78, 5) is 0. The first-order chi connectivity index (χ1) is 6.70. The van der Waals surface area contributed by atoms with Crippen molar-refractivity contribution in [3.8, 4) is 0 Å². The van der Waals surface area contributed by atoms with Crippen LogP contribution in [0.5, 0.6) is 0 Å². The smallest absolute Gasteiger partial charge is 0.143 e. The van der Waals surface area contributed by atoms with Crippen LogP contribution in [0.1, 0.15) is 31.4 Å². The van der Waals surface area contributed by atoms with Gasteiger partial charge in [0.15, 0.2) is 0 Å². The number of aromatic nitrogens is 3. The summed E-state index contributed by atoms with van der Waals surface area (Å²) in [5.41, 5.74) is 0. The van der Waals surface area contributed by atoms with Crippen molar-refractivity contribution in [3.05, 3.63) is 11.6 Å². The zero-order valence-corrected chi connectivity index (χ0v) is 10.4. The predicted molar refractivity (Wildman–Crippen MR) is 58.6 cm³/mol. The minimum atomic E-state index is 0.396. The Morgan fingerprint density at radius 1 is 1.43 bits per heavy atom. The van der Waals surface area contributed by atoms with Crippen molar-refractivity contribution in [2.75, 3.05) is 13.7 Å². The van der Waals surface area contributed by atoms with Crippen LogP contribution in [-0.2, 0) is 16.6 Å². The Kier molecular flexibility index (Phi) is 4.54. The molecule has 0 aliphatic carbocycles. The fourth-order valence-corrected chi connectivity index (χ4v) is 1.72. The van der Waals surface area contributed by atoms with Crippen LogP contribution in [0.3, 0.4) is 0 Å². The summed E-state index contributed by atoms with van der Waals surface area (Å²) in [6, 6.07) is 0. The van der Waals surface area contributed by atoms with Gasteiger partial charge in [0.1, 0.15) is 11.6 Å².